The highest BCUT2D eigenvalue weighted by atomic mass is 16.5. The highest BCUT2D eigenvalue weighted by Crippen LogP contribution is 2.36. The van der Waals surface area contributed by atoms with E-state index in [1.807, 2.05) is 19.2 Å². The number of nitrogens with one attached hydrogen (secondary N) is 1. The van der Waals surface area contributed by atoms with Crippen LogP contribution in [-0.4, -0.2) is 19.7 Å². The van der Waals surface area contributed by atoms with Gasteiger partial charge in [0.15, 0.2) is 0 Å². The summed E-state index contributed by atoms with van der Waals surface area (Å²) in [6.07, 6.45) is 8.32. The van der Waals surface area contributed by atoms with Crippen molar-refractivity contribution in [2.45, 2.75) is 31.2 Å². The van der Waals surface area contributed by atoms with Crippen LogP contribution in [0, 0.1) is 12.3 Å². The molecular formula is C15H19NO. The predicted octanol–water partition coefficient (Wildman–Crippen LogP) is 2.55. The third kappa shape index (κ3) is 2.62. The number of hydrogen-bond acceptors (Lipinski definition) is 2. The Bertz CT molecular complexity index is 408. The van der Waals surface area contributed by atoms with Crippen LogP contribution >= 0.6 is 0 Å². The topological polar surface area (TPSA) is 21.3 Å². The summed E-state index contributed by atoms with van der Waals surface area (Å²) in [5.74, 6) is 4.19. The fraction of sp³-hybridized carbons (Fsp3) is 0.467. The minimum Gasteiger partial charge on any atom is -0.493 e. The average Bonchev–Trinajstić information content (AvgIpc) is 2.79. The maximum absolute atomic E-state index is 5.72. The van der Waals surface area contributed by atoms with E-state index in [9.17, 15) is 0 Å². The van der Waals surface area contributed by atoms with Crippen LogP contribution in [0.25, 0.3) is 0 Å². The normalized spacial score (nSPS) is 19.2. The van der Waals surface area contributed by atoms with Crippen molar-refractivity contribution >= 4 is 0 Å². The number of para-hydroxylation sites is 1. The zero-order valence-electron chi connectivity index (χ0n) is 10.3. The first kappa shape index (κ1) is 12.0. The summed E-state index contributed by atoms with van der Waals surface area (Å²) in [5, 5.41) is 3.40. The first-order valence-corrected chi connectivity index (χ1v) is 6.19. The summed E-state index contributed by atoms with van der Waals surface area (Å²) >= 11 is 0. The summed E-state index contributed by atoms with van der Waals surface area (Å²) in [5.41, 5.74) is 1.33. The number of benzene rings is 1. The molecule has 1 aromatic carbocycles. The van der Waals surface area contributed by atoms with E-state index in [4.69, 9.17) is 11.2 Å². The zero-order valence-corrected chi connectivity index (χ0v) is 10.3. The number of terminal acetylenes is 1. The molecule has 0 spiro atoms. The number of likely N-dealkylation sites (N-methyl/N-ethyl adjacent to an activating group) is 1. The van der Waals surface area contributed by atoms with Gasteiger partial charge in [-0.15, -0.1) is 12.3 Å². The van der Waals surface area contributed by atoms with Crippen molar-refractivity contribution in [3.05, 3.63) is 29.8 Å². The molecule has 1 aliphatic rings. The van der Waals surface area contributed by atoms with E-state index in [2.05, 4.69) is 23.4 Å². The Morgan fingerprint density at radius 1 is 1.53 bits per heavy atom. The molecule has 0 saturated carbocycles. The quantitative estimate of drug-likeness (QED) is 0.619. The van der Waals surface area contributed by atoms with Crippen LogP contribution in [0.2, 0.25) is 0 Å². The summed E-state index contributed by atoms with van der Waals surface area (Å²) in [6.45, 7) is 0.779. The second-order valence-electron chi connectivity index (χ2n) is 4.45. The van der Waals surface area contributed by atoms with Crippen molar-refractivity contribution in [3.8, 4) is 18.1 Å². The van der Waals surface area contributed by atoms with E-state index in [1.54, 1.807) is 0 Å². The highest BCUT2D eigenvalue weighted by molar-refractivity contribution is 5.40. The summed E-state index contributed by atoms with van der Waals surface area (Å²) in [6, 6.07) is 8.76. The Hall–Kier alpha value is -1.46. The zero-order chi connectivity index (χ0) is 12.1. The Morgan fingerprint density at radius 3 is 3.12 bits per heavy atom. The van der Waals surface area contributed by atoms with Crippen LogP contribution in [-0.2, 0) is 0 Å². The van der Waals surface area contributed by atoms with E-state index in [0.717, 1.165) is 31.6 Å². The smallest absolute Gasteiger partial charge is 0.122 e. The van der Waals surface area contributed by atoms with Gasteiger partial charge < -0.3 is 10.1 Å². The lowest BCUT2D eigenvalue weighted by atomic mass is 9.90. The monoisotopic (exact) mass is 229 g/mol. The van der Waals surface area contributed by atoms with E-state index in [1.165, 1.54) is 5.56 Å². The Labute approximate surface area is 103 Å². The standard InChI is InChI=1S/C15H19NO/c1-3-4-5-9-14(16-2)13-11-17-15-10-7-6-8-12(13)15/h1,6-8,10,13-14,16H,4-5,9,11H2,2H3. The average molecular weight is 229 g/mol. The molecule has 2 nitrogen and oxygen atoms in total. The Balaban J connectivity index is 2.04. The van der Waals surface area contributed by atoms with Gasteiger partial charge in [0, 0.05) is 23.9 Å². The van der Waals surface area contributed by atoms with Crippen molar-refractivity contribution in [1.29, 1.82) is 0 Å². The van der Waals surface area contributed by atoms with Gasteiger partial charge in [0.05, 0.1) is 6.61 Å². The molecule has 0 aliphatic carbocycles. The molecule has 0 amide bonds. The molecule has 0 aromatic heterocycles. The number of hydrogen-bond donors (Lipinski definition) is 1. The van der Waals surface area contributed by atoms with Crippen LogP contribution in [0.5, 0.6) is 5.75 Å². The van der Waals surface area contributed by atoms with Crippen molar-refractivity contribution in [1.82, 2.24) is 5.32 Å². The summed E-state index contributed by atoms with van der Waals surface area (Å²) < 4.78 is 5.72. The van der Waals surface area contributed by atoms with E-state index in [-0.39, 0.29) is 0 Å². The maximum Gasteiger partial charge on any atom is 0.122 e. The first-order valence-electron chi connectivity index (χ1n) is 6.19. The molecule has 1 aliphatic heterocycles. The van der Waals surface area contributed by atoms with Gasteiger partial charge in [-0.25, -0.2) is 0 Å². The molecule has 2 atom stereocenters. The second-order valence-corrected chi connectivity index (χ2v) is 4.45. The molecule has 0 bridgehead atoms. The van der Waals surface area contributed by atoms with Crippen LogP contribution in [0.3, 0.4) is 0 Å². The molecule has 2 rings (SSSR count). The molecule has 2 unspecified atom stereocenters. The van der Waals surface area contributed by atoms with Crippen LogP contribution in [0.15, 0.2) is 24.3 Å². The van der Waals surface area contributed by atoms with Crippen LogP contribution in [0.1, 0.15) is 30.7 Å². The molecular weight excluding hydrogens is 210 g/mol. The molecule has 0 fully saturated rings. The van der Waals surface area contributed by atoms with Gasteiger partial charge in [0.1, 0.15) is 5.75 Å². The largest absolute Gasteiger partial charge is 0.493 e. The fourth-order valence-electron chi connectivity index (χ4n) is 2.49. The van der Waals surface area contributed by atoms with Gasteiger partial charge >= 0.3 is 0 Å². The van der Waals surface area contributed by atoms with Crippen molar-refractivity contribution in [3.63, 3.8) is 0 Å². The number of unbranched alkanes of at least 4 members (excludes halogenated alkanes) is 1. The molecule has 17 heavy (non-hydrogen) atoms. The molecule has 2 heteroatoms. The molecule has 0 radical (unpaired) electrons. The predicted molar refractivity (Wildman–Crippen MR) is 70.2 cm³/mol. The number of fused-ring (bicyclic) bond motifs is 1. The van der Waals surface area contributed by atoms with Crippen molar-refractivity contribution in [2.75, 3.05) is 13.7 Å². The Morgan fingerprint density at radius 2 is 2.35 bits per heavy atom. The van der Waals surface area contributed by atoms with Crippen molar-refractivity contribution in [2.24, 2.45) is 0 Å². The number of rotatable bonds is 5. The molecule has 1 heterocycles. The Kier molecular flexibility index (Phi) is 4.06. The van der Waals surface area contributed by atoms with Crippen molar-refractivity contribution < 1.29 is 4.74 Å². The maximum atomic E-state index is 5.72. The van der Waals surface area contributed by atoms with Gasteiger partial charge in [-0.1, -0.05) is 18.2 Å². The van der Waals surface area contributed by atoms with Gasteiger partial charge in [-0.3, -0.25) is 0 Å². The van der Waals surface area contributed by atoms with Gasteiger partial charge in [-0.2, -0.15) is 0 Å². The molecule has 0 saturated heterocycles. The number of ether oxygens (including phenoxy) is 1. The van der Waals surface area contributed by atoms with E-state index in [0.29, 0.717) is 12.0 Å². The molecule has 1 N–H and O–H groups in total. The van der Waals surface area contributed by atoms with Crippen LogP contribution < -0.4 is 10.1 Å². The lowest BCUT2D eigenvalue weighted by Crippen LogP contribution is -2.33. The minimum absolute atomic E-state index is 0.451. The van der Waals surface area contributed by atoms with E-state index >= 15 is 0 Å². The first-order chi connectivity index (χ1) is 8.36. The van der Waals surface area contributed by atoms with Gasteiger partial charge in [-0.05, 0) is 26.0 Å². The highest BCUT2D eigenvalue weighted by Gasteiger charge is 2.29. The lowest BCUT2D eigenvalue weighted by molar-refractivity contribution is 0.296. The summed E-state index contributed by atoms with van der Waals surface area (Å²) in [7, 11) is 2.02. The SMILES string of the molecule is C#CCCCC(NC)C1COc2ccccc21. The van der Waals surface area contributed by atoms with Gasteiger partial charge in [0.2, 0.25) is 0 Å². The van der Waals surface area contributed by atoms with E-state index < -0.39 is 0 Å². The lowest BCUT2D eigenvalue weighted by Gasteiger charge is -2.21. The third-order valence-corrected chi connectivity index (χ3v) is 3.43. The third-order valence-electron chi connectivity index (χ3n) is 3.43. The molecule has 90 valence electrons. The summed E-state index contributed by atoms with van der Waals surface area (Å²) in [4.78, 5) is 0. The van der Waals surface area contributed by atoms with Crippen LogP contribution in [0.4, 0.5) is 0 Å². The fourth-order valence-corrected chi connectivity index (χ4v) is 2.49. The minimum atomic E-state index is 0.451. The molecule has 1 aromatic rings. The van der Waals surface area contributed by atoms with Gasteiger partial charge in [0.25, 0.3) is 0 Å². The second kappa shape index (κ2) is 5.75.